The number of benzene rings is 1. The number of carbonyl (C=O) groups excluding carboxylic acids is 1. The molecule has 0 heterocycles. The van der Waals surface area contributed by atoms with Crippen LogP contribution >= 0.6 is 0 Å². The molecule has 2 unspecified atom stereocenters. The van der Waals surface area contributed by atoms with Gasteiger partial charge in [0.25, 0.3) is 0 Å². The summed E-state index contributed by atoms with van der Waals surface area (Å²) in [7, 11) is -3.82. The molecule has 0 aromatic heterocycles. The number of rotatable bonds is 10. The minimum atomic E-state index is -3.82. The highest BCUT2D eigenvalue weighted by Crippen LogP contribution is 2.46. The van der Waals surface area contributed by atoms with Crippen LogP contribution in [0.1, 0.15) is 73.6 Å². The average molecular weight is 489 g/mol. The van der Waals surface area contributed by atoms with Crippen LogP contribution in [0.5, 0.6) is 0 Å². The van der Waals surface area contributed by atoms with Crippen LogP contribution in [0.15, 0.2) is 69.7 Å². The van der Waals surface area contributed by atoms with E-state index in [1.165, 1.54) is 6.92 Å². The van der Waals surface area contributed by atoms with E-state index in [0.717, 1.165) is 42.4 Å². The summed E-state index contributed by atoms with van der Waals surface area (Å²) in [5, 5.41) is 10.5. The first kappa shape index (κ1) is 28.1. The molecule has 0 saturated heterocycles. The van der Waals surface area contributed by atoms with Crippen LogP contribution in [0, 0.1) is 5.41 Å². The van der Waals surface area contributed by atoms with Crippen molar-refractivity contribution < 1.29 is 23.1 Å². The van der Waals surface area contributed by atoms with Crippen molar-refractivity contribution in [3.8, 4) is 0 Å². The smallest absolute Gasteiger partial charge is 0.302 e. The fourth-order valence-electron chi connectivity index (χ4n) is 4.80. The van der Waals surface area contributed by atoms with Crippen molar-refractivity contribution in [3.05, 3.63) is 64.8 Å². The Kier molecular flexibility index (Phi) is 9.89. The molecule has 188 valence electrons. The lowest BCUT2D eigenvalue weighted by molar-refractivity contribution is -0.139. The highest BCUT2D eigenvalue weighted by atomic mass is 32.2. The molecule has 0 spiro atoms. The molecule has 2 atom stereocenters. The molecule has 0 bridgehead atoms. The minimum absolute atomic E-state index is 0.234. The Morgan fingerprint density at radius 2 is 1.79 bits per heavy atom. The second kappa shape index (κ2) is 12.0. The van der Waals surface area contributed by atoms with E-state index < -0.39 is 21.2 Å². The van der Waals surface area contributed by atoms with Gasteiger partial charge in [0, 0.05) is 6.92 Å². The van der Waals surface area contributed by atoms with Crippen molar-refractivity contribution in [2.45, 2.75) is 89.9 Å². The van der Waals surface area contributed by atoms with Gasteiger partial charge in [-0.25, -0.2) is 8.42 Å². The van der Waals surface area contributed by atoms with Gasteiger partial charge in [0.15, 0.2) is 9.84 Å². The normalized spacial score (nSPS) is 19.0. The first-order chi connectivity index (χ1) is 15.9. The standard InChI is InChI=1S/C28H40O5S/c1-20(17-19-33-23(4)29)12-10-13-22(3)26(30)27(25-21(2)14-11-18-28(25,5)6)34(31,32)24-15-8-7-9-16-24/h7-9,13,15-17,26-27,30H,10-12,14,18-19H2,1-6H3/b20-17+,22-13+. The molecule has 1 aromatic carbocycles. The van der Waals surface area contributed by atoms with E-state index in [9.17, 15) is 18.3 Å². The maximum atomic E-state index is 13.9. The molecule has 0 saturated carbocycles. The first-order valence-electron chi connectivity index (χ1n) is 12.0. The Labute approximate surface area is 205 Å². The van der Waals surface area contributed by atoms with E-state index in [-0.39, 0.29) is 22.9 Å². The quantitative estimate of drug-likeness (QED) is 0.325. The van der Waals surface area contributed by atoms with Gasteiger partial charge in [-0.15, -0.1) is 0 Å². The van der Waals surface area contributed by atoms with E-state index in [0.29, 0.717) is 12.0 Å². The predicted octanol–water partition coefficient (Wildman–Crippen LogP) is 5.95. The largest absolute Gasteiger partial charge is 0.462 e. The van der Waals surface area contributed by atoms with Gasteiger partial charge in [-0.2, -0.15) is 0 Å². The number of sulfone groups is 1. The lowest BCUT2D eigenvalue weighted by Crippen LogP contribution is -2.42. The van der Waals surface area contributed by atoms with Crippen molar-refractivity contribution in [3.63, 3.8) is 0 Å². The van der Waals surface area contributed by atoms with E-state index >= 15 is 0 Å². The lowest BCUT2D eigenvalue weighted by Gasteiger charge is -2.40. The third kappa shape index (κ3) is 7.16. The Bertz CT molecular complexity index is 1050. The number of aliphatic hydroxyl groups excluding tert-OH is 1. The van der Waals surface area contributed by atoms with Crippen molar-refractivity contribution in [1.82, 2.24) is 0 Å². The molecule has 0 aliphatic heterocycles. The van der Waals surface area contributed by atoms with Gasteiger partial charge in [-0.05, 0) is 87.6 Å². The Morgan fingerprint density at radius 3 is 2.38 bits per heavy atom. The zero-order chi connectivity index (χ0) is 25.5. The second-order valence-corrected chi connectivity index (χ2v) is 12.1. The highest BCUT2D eigenvalue weighted by molar-refractivity contribution is 7.92. The Hall–Kier alpha value is -2.18. The summed E-state index contributed by atoms with van der Waals surface area (Å²) in [4.78, 5) is 11.1. The molecule has 1 aromatic rings. The summed E-state index contributed by atoms with van der Waals surface area (Å²) in [6, 6.07) is 8.45. The highest BCUT2D eigenvalue weighted by Gasteiger charge is 2.44. The van der Waals surface area contributed by atoms with E-state index in [1.807, 2.05) is 32.9 Å². The number of aliphatic hydroxyl groups is 1. The molecule has 1 aliphatic rings. The molecular weight excluding hydrogens is 448 g/mol. The van der Waals surface area contributed by atoms with Gasteiger partial charge in [0.2, 0.25) is 0 Å². The molecule has 2 rings (SSSR count). The van der Waals surface area contributed by atoms with E-state index in [1.54, 1.807) is 30.3 Å². The molecule has 5 nitrogen and oxygen atoms in total. The number of carbonyl (C=O) groups is 1. The van der Waals surface area contributed by atoms with E-state index in [2.05, 4.69) is 13.8 Å². The number of allylic oxidation sites excluding steroid dienone is 3. The van der Waals surface area contributed by atoms with Crippen LogP contribution in [-0.4, -0.2) is 37.5 Å². The fourth-order valence-corrected chi connectivity index (χ4v) is 7.01. The van der Waals surface area contributed by atoms with Gasteiger partial charge in [0.1, 0.15) is 11.9 Å². The maximum Gasteiger partial charge on any atom is 0.302 e. The molecule has 0 fully saturated rings. The SMILES string of the molecule is CC(=O)OC/C=C(\C)CC/C=C(\C)C(O)C(C1=C(C)CCCC1(C)C)S(=O)(=O)c1ccccc1. The zero-order valence-corrected chi connectivity index (χ0v) is 22.2. The zero-order valence-electron chi connectivity index (χ0n) is 21.4. The van der Waals surface area contributed by atoms with Gasteiger partial charge < -0.3 is 9.84 Å². The number of esters is 1. The summed E-state index contributed by atoms with van der Waals surface area (Å²) in [6.45, 7) is 11.6. The summed E-state index contributed by atoms with van der Waals surface area (Å²) in [5.41, 5.74) is 3.32. The first-order valence-corrected chi connectivity index (χ1v) is 13.6. The van der Waals surface area contributed by atoms with Crippen LogP contribution in [0.25, 0.3) is 0 Å². The monoisotopic (exact) mass is 488 g/mol. The minimum Gasteiger partial charge on any atom is -0.462 e. The summed E-state index contributed by atoms with van der Waals surface area (Å²) in [5.74, 6) is -0.316. The van der Waals surface area contributed by atoms with Crippen LogP contribution in [0.4, 0.5) is 0 Å². The Morgan fingerprint density at radius 1 is 1.15 bits per heavy atom. The van der Waals surface area contributed by atoms with Gasteiger partial charge in [-0.3, -0.25) is 4.79 Å². The lowest BCUT2D eigenvalue weighted by atomic mass is 9.70. The van der Waals surface area contributed by atoms with Crippen molar-refractivity contribution in [2.75, 3.05) is 6.61 Å². The topological polar surface area (TPSA) is 80.7 Å². The van der Waals surface area contributed by atoms with Crippen LogP contribution < -0.4 is 0 Å². The molecule has 34 heavy (non-hydrogen) atoms. The van der Waals surface area contributed by atoms with Gasteiger partial charge in [-0.1, -0.05) is 49.3 Å². The third-order valence-corrected chi connectivity index (χ3v) is 8.80. The number of ether oxygens (including phenoxy) is 1. The van der Waals surface area contributed by atoms with Gasteiger partial charge in [0.05, 0.1) is 11.0 Å². The van der Waals surface area contributed by atoms with Crippen LogP contribution in [-0.2, 0) is 19.4 Å². The second-order valence-electron chi connectivity index (χ2n) is 9.99. The summed E-state index contributed by atoms with van der Waals surface area (Å²) in [6.07, 6.45) is 6.79. The van der Waals surface area contributed by atoms with Crippen molar-refractivity contribution >= 4 is 15.8 Å². The fraction of sp³-hybridized carbons (Fsp3) is 0.536. The third-order valence-electron chi connectivity index (χ3n) is 6.71. The predicted molar refractivity (Wildman–Crippen MR) is 137 cm³/mol. The molecule has 0 amide bonds. The van der Waals surface area contributed by atoms with Crippen molar-refractivity contribution in [1.29, 1.82) is 0 Å². The molecular formula is C28H40O5S. The number of hydrogen-bond donors (Lipinski definition) is 1. The Balaban J connectivity index is 2.38. The number of hydrogen-bond acceptors (Lipinski definition) is 5. The average Bonchev–Trinajstić information content (AvgIpc) is 2.75. The molecule has 0 radical (unpaired) electrons. The molecule has 1 N–H and O–H groups in total. The van der Waals surface area contributed by atoms with Crippen molar-refractivity contribution in [2.24, 2.45) is 5.41 Å². The maximum absolute atomic E-state index is 13.9. The van der Waals surface area contributed by atoms with E-state index in [4.69, 9.17) is 4.74 Å². The summed E-state index contributed by atoms with van der Waals surface area (Å²) >= 11 is 0. The van der Waals surface area contributed by atoms with Crippen LogP contribution in [0.3, 0.4) is 0 Å². The molecule has 6 heteroatoms. The summed E-state index contributed by atoms with van der Waals surface area (Å²) < 4.78 is 32.7. The van der Waals surface area contributed by atoms with Gasteiger partial charge >= 0.3 is 5.97 Å². The molecule has 1 aliphatic carbocycles. The van der Waals surface area contributed by atoms with Crippen LogP contribution in [0.2, 0.25) is 0 Å².